The quantitative estimate of drug-likeness (QED) is 0.837. The number of thiophene rings is 1. The van der Waals surface area contributed by atoms with E-state index in [-0.39, 0.29) is 5.91 Å². The fourth-order valence-corrected chi connectivity index (χ4v) is 4.46. The molecule has 0 radical (unpaired) electrons. The molecule has 7 heteroatoms. The Morgan fingerprint density at radius 2 is 1.96 bits per heavy atom. The van der Waals surface area contributed by atoms with Crippen molar-refractivity contribution in [1.29, 1.82) is 0 Å². The maximum atomic E-state index is 12.9. The van der Waals surface area contributed by atoms with Gasteiger partial charge in [0.05, 0.1) is 10.3 Å². The fourth-order valence-electron chi connectivity index (χ4n) is 3.32. The van der Waals surface area contributed by atoms with E-state index >= 15 is 0 Å². The van der Waals surface area contributed by atoms with Gasteiger partial charge < -0.3 is 14.7 Å². The minimum Gasteiger partial charge on any atom is -0.353 e. The van der Waals surface area contributed by atoms with Gasteiger partial charge in [0.2, 0.25) is 0 Å². The Bertz CT molecular complexity index is 764. The molecule has 0 saturated carbocycles. The molecule has 1 aliphatic rings. The molecule has 2 aromatic rings. The van der Waals surface area contributed by atoms with Gasteiger partial charge in [-0.2, -0.15) is 0 Å². The van der Waals surface area contributed by atoms with E-state index in [4.69, 9.17) is 0 Å². The zero-order valence-electron chi connectivity index (χ0n) is 15.7. The molecule has 2 aromatic heterocycles. The van der Waals surface area contributed by atoms with Crippen LogP contribution in [0.25, 0.3) is 10.2 Å². The van der Waals surface area contributed by atoms with Crippen molar-refractivity contribution in [2.75, 3.05) is 51.7 Å². The highest BCUT2D eigenvalue weighted by Crippen LogP contribution is 2.35. The Hall–Kier alpha value is -1.73. The number of hydrogen-bond acceptors (Lipinski definition) is 6. The highest BCUT2D eigenvalue weighted by Gasteiger charge is 2.25. The van der Waals surface area contributed by atoms with E-state index in [0.29, 0.717) is 5.92 Å². The first-order valence-electron chi connectivity index (χ1n) is 8.81. The van der Waals surface area contributed by atoms with Crippen LogP contribution in [0.1, 0.15) is 29.1 Å². The zero-order valence-corrected chi connectivity index (χ0v) is 16.6. The van der Waals surface area contributed by atoms with Gasteiger partial charge in [0.25, 0.3) is 5.91 Å². The maximum Gasteiger partial charge on any atom is 0.264 e. The number of likely N-dealkylation sites (N-methyl/N-ethyl adjacent to an activating group) is 1. The van der Waals surface area contributed by atoms with Gasteiger partial charge in [-0.1, -0.05) is 13.8 Å². The van der Waals surface area contributed by atoms with Gasteiger partial charge in [0.15, 0.2) is 0 Å². The van der Waals surface area contributed by atoms with Gasteiger partial charge in [0.1, 0.15) is 17.0 Å². The first-order valence-corrected chi connectivity index (χ1v) is 9.63. The van der Waals surface area contributed by atoms with Crippen LogP contribution in [-0.4, -0.2) is 72.5 Å². The molecule has 0 aliphatic carbocycles. The summed E-state index contributed by atoms with van der Waals surface area (Å²) < 4.78 is 0. The summed E-state index contributed by atoms with van der Waals surface area (Å²) in [6, 6.07) is 0. The van der Waals surface area contributed by atoms with Crippen LogP contribution < -0.4 is 4.90 Å². The fraction of sp³-hybridized carbons (Fsp3) is 0.611. The van der Waals surface area contributed by atoms with Crippen LogP contribution in [0.2, 0.25) is 0 Å². The van der Waals surface area contributed by atoms with Gasteiger partial charge >= 0.3 is 0 Å². The number of amides is 1. The molecule has 6 nitrogen and oxygen atoms in total. The third-order valence-electron chi connectivity index (χ3n) is 4.69. The Morgan fingerprint density at radius 1 is 1.28 bits per heavy atom. The lowest BCUT2D eigenvalue weighted by atomic mass is 10.1. The second kappa shape index (κ2) is 7.25. The summed E-state index contributed by atoms with van der Waals surface area (Å²) in [6.45, 7) is 11.0. The number of piperazine rings is 1. The van der Waals surface area contributed by atoms with Crippen molar-refractivity contribution in [2.45, 2.75) is 20.8 Å². The second-order valence-corrected chi connectivity index (χ2v) is 8.30. The summed E-state index contributed by atoms with van der Waals surface area (Å²) in [5, 5.41) is 1.04. The highest BCUT2D eigenvalue weighted by atomic mass is 32.1. The minimum atomic E-state index is 0.0820. The summed E-state index contributed by atoms with van der Waals surface area (Å²) in [7, 11) is 4.02. The largest absolute Gasteiger partial charge is 0.353 e. The van der Waals surface area contributed by atoms with E-state index in [9.17, 15) is 4.79 Å². The number of carbonyl (C=O) groups excluding carboxylic acids is 1. The van der Waals surface area contributed by atoms with E-state index in [0.717, 1.165) is 59.2 Å². The van der Waals surface area contributed by atoms with Crippen LogP contribution in [0.3, 0.4) is 0 Å². The molecule has 1 aliphatic heterocycles. The first-order chi connectivity index (χ1) is 11.9. The molecule has 3 heterocycles. The van der Waals surface area contributed by atoms with Gasteiger partial charge in [-0.05, 0) is 25.5 Å². The predicted molar refractivity (Wildman–Crippen MR) is 104 cm³/mol. The second-order valence-electron chi connectivity index (χ2n) is 7.30. The smallest absolute Gasteiger partial charge is 0.264 e. The van der Waals surface area contributed by atoms with Crippen molar-refractivity contribution in [3.63, 3.8) is 0 Å². The molecule has 136 valence electrons. The standard InChI is InChI=1S/C18H27N5OS/c1-12(2)10-22(5)18(24)15-13(3)14-16(19-11-20-17(14)25-15)23-8-6-21(4)7-9-23/h11-12H,6-10H2,1-5H3. The lowest BCUT2D eigenvalue weighted by Crippen LogP contribution is -2.44. The van der Waals surface area contributed by atoms with E-state index in [1.165, 1.54) is 11.3 Å². The minimum absolute atomic E-state index is 0.0820. The van der Waals surface area contributed by atoms with Crippen LogP contribution in [0.15, 0.2) is 6.33 Å². The topological polar surface area (TPSA) is 52.6 Å². The summed E-state index contributed by atoms with van der Waals surface area (Å²) >= 11 is 1.49. The Kier molecular flexibility index (Phi) is 5.24. The van der Waals surface area contributed by atoms with E-state index in [1.54, 1.807) is 6.33 Å². The van der Waals surface area contributed by atoms with Crippen LogP contribution in [0, 0.1) is 12.8 Å². The summed E-state index contributed by atoms with van der Waals surface area (Å²) in [6.07, 6.45) is 1.62. The summed E-state index contributed by atoms with van der Waals surface area (Å²) in [4.78, 5) is 30.0. The maximum absolute atomic E-state index is 12.9. The lowest BCUT2D eigenvalue weighted by molar-refractivity contribution is 0.0783. The SMILES string of the molecule is Cc1c(C(=O)N(C)CC(C)C)sc2ncnc(N3CCN(C)CC3)c12. The molecule has 1 fully saturated rings. The molecule has 0 spiro atoms. The molecule has 3 rings (SSSR count). The molecule has 25 heavy (non-hydrogen) atoms. The summed E-state index contributed by atoms with van der Waals surface area (Å²) in [5.41, 5.74) is 1.01. The average molecular weight is 362 g/mol. The molecule has 0 N–H and O–H groups in total. The normalized spacial score (nSPS) is 16.0. The number of fused-ring (bicyclic) bond motifs is 1. The number of aryl methyl sites for hydroxylation is 1. The van der Waals surface area contributed by atoms with Crippen molar-refractivity contribution in [2.24, 2.45) is 5.92 Å². The van der Waals surface area contributed by atoms with Crippen LogP contribution in [0.5, 0.6) is 0 Å². The molecular weight excluding hydrogens is 334 g/mol. The molecule has 1 saturated heterocycles. The number of aromatic nitrogens is 2. The molecule has 1 amide bonds. The number of carbonyl (C=O) groups is 1. The number of anilines is 1. The zero-order chi connectivity index (χ0) is 18.1. The van der Waals surface area contributed by atoms with E-state index < -0.39 is 0 Å². The van der Waals surface area contributed by atoms with Gasteiger partial charge in [-0.15, -0.1) is 11.3 Å². The predicted octanol–water partition coefficient (Wildman–Crippen LogP) is 2.48. The third-order valence-corrected chi connectivity index (χ3v) is 5.88. The molecule has 0 bridgehead atoms. The van der Waals surface area contributed by atoms with Crippen molar-refractivity contribution < 1.29 is 4.79 Å². The van der Waals surface area contributed by atoms with Gasteiger partial charge in [-0.25, -0.2) is 9.97 Å². The Labute approximate surface area is 153 Å². The Morgan fingerprint density at radius 3 is 2.60 bits per heavy atom. The van der Waals surface area contributed by atoms with Crippen LogP contribution in [0.4, 0.5) is 5.82 Å². The molecular formula is C18H27N5OS. The third kappa shape index (κ3) is 3.62. The van der Waals surface area contributed by atoms with Gasteiger partial charge in [0, 0.05) is 39.8 Å². The average Bonchev–Trinajstić information content (AvgIpc) is 2.91. The van der Waals surface area contributed by atoms with Crippen LogP contribution >= 0.6 is 11.3 Å². The summed E-state index contributed by atoms with van der Waals surface area (Å²) in [5.74, 6) is 1.50. The number of hydrogen-bond donors (Lipinski definition) is 0. The van der Waals surface area contributed by atoms with Crippen molar-refractivity contribution >= 4 is 33.3 Å². The molecule has 0 atom stereocenters. The molecule has 0 aromatic carbocycles. The van der Waals surface area contributed by atoms with Crippen molar-refractivity contribution in [1.82, 2.24) is 19.8 Å². The highest BCUT2D eigenvalue weighted by molar-refractivity contribution is 7.20. The molecule has 0 unspecified atom stereocenters. The Balaban J connectivity index is 1.97. The van der Waals surface area contributed by atoms with Crippen molar-refractivity contribution in [3.8, 4) is 0 Å². The van der Waals surface area contributed by atoms with E-state index in [1.807, 2.05) is 18.9 Å². The number of nitrogens with zero attached hydrogens (tertiary/aromatic N) is 5. The monoisotopic (exact) mass is 361 g/mol. The van der Waals surface area contributed by atoms with Crippen LogP contribution in [-0.2, 0) is 0 Å². The number of rotatable bonds is 4. The lowest BCUT2D eigenvalue weighted by Gasteiger charge is -2.33. The van der Waals surface area contributed by atoms with E-state index in [2.05, 4.69) is 40.7 Å². The first kappa shape index (κ1) is 18.1. The van der Waals surface area contributed by atoms with Gasteiger partial charge in [-0.3, -0.25) is 4.79 Å². The van der Waals surface area contributed by atoms with Crippen molar-refractivity contribution in [3.05, 3.63) is 16.8 Å².